The molecule has 0 aromatic heterocycles. The van der Waals surface area contributed by atoms with Crippen LogP contribution in [0.5, 0.6) is 0 Å². The molecule has 0 unspecified atom stereocenters. The minimum atomic E-state index is -4.69. The number of likely N-dealkylation sites (tertiary alicyclic amines) is 1. The molecule has 0 bridgehead atoms. The maximum absolute atomic E-state index is 13.5. The molecule has 3 amide bonds. The number of amides is 3. The van der Waals surface area contributed by atoms with Crippen LogP contribution in [0.15, 0.2) is 24.3 Å². The molecule has 2 rings (SSSR count). The first kappa shape index (κ1) is 34.0. The van der Waals surface area contributed by atoms with E-state index in [0.29, 0.717) is 18.0 Å². The van der Waals surface area contributed by atoms with Gasteiger partial charge in [0.2, 0.25) is 5.91 Å². The Balaban J connectivity index is 1.96. The average molecular weight is 606 g/mol. The summed E-state index contributed by atoms with van der Waals surface area (Å²) in [5.74, 6) is -1.27. The summed E-state index contributed by atoms with van der Waals surface area (Å²) in [6.45, 7) is 10.5. The lowest BCUT2D eigenvalue weighted by molar-refractivity contribution is -0.156. The Morgan fingerprint density at radius 2 is 1.77 bits per heavy atom. The molecule has 0 radical (unpaired) electrons. The summed E-state index contributed by atoms with van der Waals surface area (Å²) in [5.41, 5.74) is -2.28. The van der Waals surface area contributed by atoms with E-state index in [1.54, 1.807) is 43.0 Å². The highest BCUT2D eigenvalue weighted by atomic mass is 35.5. The van der Waals surface area contributed by atoms with Crippen molar-refractivity contribution < 1.29 is 43.1 Å². The van der Waals surface area contributed by atoms with Crippen molar-refractivity contribution in [3.63, 3.8) is 0 Å². The second-order valence-electron chi connectivity index (χ2n) is 11.6. The molecule has 1 aliphatic heterocycles. The van der Waals surface area contributed by atoms with Crippen molar-refractivity contribution in [3.8, 4) is 0 Å². The number of phosphoric acid groups is 1. The predicted molar refractivity (Wildman–Crippen MR) is 148 cm³/mol. The van der Waals surface area contributed by atoms with Gasteiger partial charge in [0.1, 0.15) is 11.6 Å². The third kappa shape index (κ3) is 9.43. The Morgan fingerprint density at radius 1 is 1.18 bits per heavy atom. The number of phosphoric ester groups is 1. The van der Waals surface area contributed by atoms with Crippen LogP contribution in [0.2, 0.25) is 5.02 Å². The molecular formula is C26H41ClN3O9P. The van der Waals surface area contributed by atoms with Crippen molar-refractivity contribution in [3.05, 3.63) is 34.9 Å². The van der Waals surface area contributed by atoms with Crippen LogP contribution in [0.3, 0.4) is 0 Å². The van der Waals surface area contributed by atoms with E-state index in [9.17, 15) is 24.1 Å². The molecule has 40 heavy (non-hydrogen) atoms. The minimum absolute atomic E-state index is 0.0895. The average Bonchev–Trinajstić information content (AvgIpc) is 2.81. The number of nitrogens with zero attached hydrogens (tertiary/aromatic N) is 1. The maximum atomic E-state index is 13.5. The van der Waals surface area contributed by atoms with Crippen LogP contribution in [-0.4, -0.2) is 75.6 Å². The number of ether oxygens (including phenoxy) is 1. The van der Waals surface area contributed by atoms with Gasteiger partial charge < -0.3 is 35.2 Å². The van der Waals surface area contributed by atoms with Crippen molar-refractivity contribution in [1.29, 1.82) is 0 Å². The smallest absolute Gasteiger partial charge is 0.458 e. The zero-order valence-electron chi connectivity index (χ0n) is 23.8. The van der Waals surface area contributed by atoms with Gasteiger partial charge in [0.15, 0.2) is 0 Å². The van der Waals surface area contributed by atoms with Gasteiger partial charge >= 0.3 is 19.8 Å². The zero-order valence-corrected chi connectivity index (χ0v) is 25.4. The first-order chi connectivity index (χ1) is 18.3. The molecule has 226 valence electrons. The van der Waals surface area contributed by atoms with Crippen molar-refractivity contribution in [2.45, 2.75) is 71.6 Å². The van der Waals surface area contributed by atoms with E-state index in [1.165, 1.54) is 0 Å². The van der Waals surface area contributed by atoms with Crippen LogP contribution in [0.1, 0.15) is 59.9 Å². The number of benzene rings is 1. The number of piperidine rings is 1. The van der Waals surface area contributed by atoms with E-state index in [2.05, 4.69) is 15.2 Å². The number of carbonyl (C=O) groups is 3. The van der Waals surface area contributed by atoms with E-state index in [0.717, 1.165) is 5.56 Å². The van der Waals surface area contributed by atoms with Crippen molar-refractivity contribution in [1.82, 2.24) is 15.5 Å². The summed E-state index contributed by atoms with van der Waals surface area (Å²) in [4.78, 5) is 57.2. The van der Waals surface area contributed by atoms with Crippen molar-refractivity contribution >= 4 is 37.3 Å². The van der Waals surface area contributed by atoms with Gasteiger partial charge in [-0.3, -0.25) is 14.1 Å². The van der Waals surface area contributed by atoms with Crippen LogP contribution >= 0.6 is 19.4 Å². The fourth-order valence-corrected chi connectivity index (χ4v) is 5.06. The minimum Gasteiger partial charge on any atom is -0.458 e. The number of carbonyl (C=O) groups excluding carboxylic acids is 3. The molecule has 12 nitrogen and oxygen atoms in total. The first-order valence-electron chi connectivity index (χ1n) is 13.0. The Labute approximate surface area is 240 Å². The summed E-state index contributed by atoms with van der Waals surface area (Å²) >= 11 is 6.01. The summed E-state index contributed by atoms with van der Waals surface area (Å²) < 4.78 is 20.2. The number of aliphatic hydroxyl groups is 1. The SMILES string of the molecule is CC(C)[C@@H](NC(=O)NCC(C)(C)OC(=O)CCOP(=O)(O)O)C(=O)N1CC[C@](O)(c2ccc(Cl)cc2)C(C)(C)C1. The highest BCUT2D eigenvalue weighted by Gasteiger charge is 2.50. The second-order valence-corrected chi connectivity index (χ2v) is 13.3. The number of hydrogen-bond donors (Lipinski definition) is 5. The Kier molecular flexibility index (Phi) is 11.2. The molecule has 1 aromatic rings. The summed E-state index contributed by atoms with van der Waals surface area (Å²) in [5, 5.41) is 17.5. The van der Waals surface area contributed by atoms with E-state index >= 15 is 0 Å². The maximum Gasteiger partial charge on any atom is 0.469 e. The standard InChI is InChI=1S/C26H41ClN3O9P/c1-17(2)21(29-23(33)28-15-25(5,6)39-20(31)11-14-38-40(35,36)37)22(32)30-13-12-26(34,24(3,4)16-30)18-7-9-19(27)10-8-18/h7-10,17,21,34H,11-16H2,1-6H3,(H2,28,29,33)(H2,35,36,37)/t21-,26+/m1/s1. The van der Waals surface area contributed by atoms with Gasteiger partial charge in [-0.2, -0.15) is 0 Å². The lowest BCUT2D eigenvalue weighted by atomic mass is 9.66. The van der Waals surface area contributed by atoms with Crippen LogP contribution < -0.4 is 10.6 Å². The van der Waals surface area contributed by atoms with Gasteiger partial charge in [-0.15, -0.1) is 0 Å². The molecule has 14 heteroatoms. The monoisotopic (exact) mass is 605 g/mol. The molecule has 0 saturated carbocycles. The van der Waals surface area contributed by atoms with E-state index in [4.69, 9.17) is 26.1 Å². The van der Waals surface area contributed by atoms with Crippen molar-refractivity contribution in [2.24, 2.45) is 11.3 Å². The molecule has 1 saturated heterocycles. The lowest BCUT2D eigenvalue weighted by Gasteiger charge is -2.51. The Bertz CT molecular complexity index is 1110. The largest absolute Gasteiger partial charge is 0.469 e. The Hall–Kier alpha value is -2.21. The number of nitrogens with one attached hydrogen (secondary N) is 2. The van der Waals surface area contributed by atoms with Crippen LogP contribution in [0.4, 0.5) is 4.79 Å². The van der Waals surface area contributed by atoms with E-state index < -0.39 is 49.1 Å². The molecule has 0 spiro atoms. The fraction of sp³-hybridized carbons (Fsp3) is 0.654. The van der Waals surface area contributed by atoms with Crippen LogP contribution in [0.25, 0.3) is 0 Å². The van der Waals surface area contributed by atoms with Gasteiger partial charge in [0, 0.05) is 23.5 Å². The second kappa shape index (κ2) is 13.2. The molecule has 2 atom stereocenters. The summed E-state index contributed by atoms with van der Waals surface area (Å²) in [7, 11) is -4.69. The Morgan fingerprint density at radius 3 is 2.30 bits per heavy atom. The number of hydrogen-bond acceptors (Lipinski definition) is 7. The van der Waals surface area contributed by atoms with Gasteiger partial charge in [0.05, 0.1) is 25.2 Å². The molecule has 1 fully saturated rings. The molecule has 1 aliphatic rings. The quantitative estimate of drug-likeness (QED) is 0.188. The highest BCUT2D eigenvalue weighted by Crippen LogP contribution is 2.46. The third-order valence-corrected chi connectivity index (χ3v) is 7.70. The van der Waals surface area contributed by atoms with Gasteiger partial charge in [-0.1, -0.05) is 51.4 Å². The molecule has 0 aliphatic carbocycles. The van der Waals surface area contributed by atoms with Gasteiger partial charge in [0.25, 0.3) is 0 Å². The third-order valence-electron chi connectivity index (χ3n) is 6.93. The number of esters is 1. The van der Waals surface area contributed by atoms with E-state index in [-0.39, 0.29) is 31.3 Å². The molecule has 1 heterocycles. The lowest BCUT2D eigenvalue weighted by Crippen LogP contribution is -2.61. The van der Waals surface area contributed by atoms with Crippen LogP contribution in [0, 0.1) is 11.3 Å². The van der Waals surface area contributed by atoms with Crippen molar-refractivity contribution in [2.75, 3.05) is 26.2 Å². The fourth-order valence-electron chi connectivity index (χ4n) is 4.61. The number of urea groups is 1. The van der Waals surface area contributed by atoms with E-state index in [1.807, 2.05) is 27.7 Å². The first-order valence-corrected chi connectivity index (χ1v) is 14.9. The van der Waals surface area contributed by atoms with Crippen LogP contribution in [-0.2, 0) is 29.0 Å². The molecular weight excluding hydrogens is 565 g/mol. The van der Waals surface area contributed by atoms with Gasteiger partial charge in [-0.05, 0) is 43.9 Å². The van der Waals surface area contributed by atoms with Gasteiger partial charge in [-0.25, -0.2) is 9.36 Å². The number of rotatable bonds is 11. The normalized spacial score (nSPS) is 20.1. The zero-order chi connectivity index (χ0) is 30.5. The highest BCUT2D eigenvalue weighted by molar-refractivity contribution is 7.46. The summed E-state index contributed by atoms with van der Waals surface area (Å²) in [6, 6.07) is 5.56. The topological polar surface area (TPSA) is 175 Å². The predicted octanol–water partition coefficient (Wildman–Crippen LogP) is 2.93. The molecule has 1 aromatic carbocycles. The number of halogens is 1. The molecule has 5 N–H and O–H groups in total. The summed E-state index contributed by atoms with van der Waals surface area (Å²) in [6.07, 6.45) is -0.0763.